The molecule has 0 saturated carbocycles. The van der Waals surface area contributed by atoms with Crippen LogP contribution in [-0.4, -0.2) is 18.4 Å². The molecule has 0 aliphatic rings. The van der Waals surface area contributed by atoms with Crippen molar-refractivity contribution in [3.63, 3.8) is 0 Å². The number of guanidine groups is 1. The molecule has 0 aromatic rings. The molecule has 0 unspecified atom stereocenters. The van der Waals surface area contributed by atoms with Crippen molar-refractivity contribution in [1.29, 1.82) is 0 Å². The van der Waals surface area contributed by atoms with E-state index in [0.717, 1.165) is 19.4 Å². The van der Waals surface area contributed by atoms with E-state index in [0.29, 0.717) is 6.42 Å². The van der Waals surface area contributed by atoms with Crippen molar-refractivity contribution in [2.24, 2.45) is 22.2 Å². The third kappa shape index (κ3) is 54.3. The Balaban J connectivity index is -0.0000000966. The Hall–Kier alpha value is -1.26. The molecule has 5 nitrogen and oxygen atoms in total. The molecule has 0 rings (SSSR count). The molecule has 0 spiro atoms. The maximum atomic E-state index is 9.59. The van der Waals surface area contributed by atoms with Gasteiger partial charge in [0.05, 0.1) is 0 Å². The zero-order valence-corrected chi connectivity index (χ0v) is 13.2. The van der Waals surface area contributed by atoms with Crippen LogP contribution in [0, 0.1) is 0 Å². The summed E-state index contributed by atoms with van der Waals surface area (Å²) in [6, 6.07) is 0. The van der Waals surface area contributed by atoms with Crippen LogP contribution in [0.15, 0.2) is 4.99 Å². The molecule has 0 aliphatic carbocycles. The van der Waals surface area contributed by atoms with Crippen LogP contribution in [0.5, 0.6) is 0 Å². The lowest BCUT2D eigenvalue weighted by Gasteiger charge is -1.89. The highest BCUT2D eigenvalue weighted by atomic mass is 16.1. The molecule has 5 heteroatoms. The van der Waals surface area contributed by atoms with Crippen molar-refractivity contribution in [2.75, 3.05) is 6.54 Å². The summed E-state index contributed by atoms with van der Waals surface area (Å²) in [4.78, 5) is 13.4. The fourth-order valence-corrected chi connectivity index (χ4v) is 0.866. The van der Waals surface area contributed by atoms with Crippen LogP contribution in [0.1, 0.15) is 80.1 Å². The van der Waals surface area contributed by atoms with Gasteiger partial charge in [-0.2, -0.15) is 0 Å². The van der Waals surface area contributed by atoms with E-state index in [1.165, 1.54) is 25.7 Å². The van der Waals surface area contributed by atoms with E-state index in [1.807, 2.05) is 0 Å². The summed E-state index contributed by atoms with van der Waals surface area (Å²) in [7, 11) is 0. The molecule has 0 bridgehead atoms. The van der Waals surface area contributed by atoms with Crippen LogP contribution < -0.4 is 17.2 Å². The van der Waals surface area contributed by atoms with Gasteiger partial charge < -0.3 is 17.2 Å². The van der Waals surface area contributed by atoms with Crippen molar-refractivity contribution < 1.29 is 4.79 Å². The van der Waals surface area contributed by atoms with Crippen molar-refractivity contribution in [2.45, 2.75) is 80.1 Å². The summed E-state index contributed by atoms with van der Waals surface area (Å²) in [5, 5.41) is 0. The van der Waals surface area contributed by atoms with E-state index in [-0.39, 0.29) is 19.3 Å². The SMILES string of the molecule is C.CCC(N)=O.CCCCCC.CCCCN=C(N)N. The summed E-state index contributed by atoms with van der Waals surface area (Å²) in [6.45, 7) is 9.05. The summed E-state index contributed by atoms with van der Waals surface area (Å²) >= 11 is 0. The first kappa shape index (κ1) is 27.1. The number of hydrogen-bond donors (Lipinski definition) is 3. The molecule has 0 aromatic carbocycles. The normalized spacial score (nSPS) is 8.00. The zero-order chi connectivity index (χ0) is 15.5. The largest absolute Gasteiger partial charge is 0.370 e. The van der Waals surface area contributed by atoms with Gasteiger partial charge in [-0.05, 0) is 6.42 Å². The number of aliphatic imine (C=N–C) groups is 1. The van der Waals surface area contributed by atoms with E-state index in [1.54, 1.807) is 6.92 Å². The average molecular weight is 290 g/mol. The lowest BCUT2D eigenvalue weighted by molar-refractivity contribution is -0.117. The molecular formula is C15H38N4O. The Morgan fingerprint density at radius 2 is 1.20 bits per heavy atom. The predicted octanol–water partition coefficient (Wildman–Crippen LogP) is 3.16. The van der Waals surface area contributed by atoms with E-state index in [9.17, 15) is 4.79 Å². The molecule has 0 heterocycles. The van der Waals surface area contributed by atoms with E-state index >= 15 is 0 Å². The third-order valence-corrected chi connectivity index (χ3v) is 2.11. The number of primary amides is 1. The minimum Gasteiger partial charge on any atom is -0.370 e. The van der Waals surface area contributed by atoms with Gasteiger partial charge in [0.2, 0.25) is 5.91 Å². The monoisotopic (exact) mass is 290 g/mol. The van der Waals surface area contributed by atoms with E-state index in [4.69, 9.17) is 11.5 Å². The quantitative estimate of drug-likeness (QED) is 0.380. The fourth-order valence-electron chi connectivity index (χ4n) is 0.866. The van der Waals surface area contributed by atoms with Gasteiger partial charge in [0.1, 0.15) is 0 Å². The lowest BCUT2D eigenvalue weighted by atomic mass is 10.2. The number of nitrogens with zero attached hydrogens (tertiary/aromatic N) is 1. The standard InChI is InChI=1S/C6H14.C5H13N3.C3H7NO.CH4/c1-3-5-6-4-2;1-2-3-4-8-5(6)7;1-2-3(4)5;/h3-6H2,1-2H3;2-4H2,1H3,(H4,6,7,8);2H2,1H3,(H2,4,5);1H4. The first-order valence-electron chi connectivity index (χ1n) is 7.29. The number of amides is 1. The number of carbonyl (C=O) groups excluding carboxylic acids is 1. The van der Waals surface area contributed by atoms with Crippen molar-refractivity contribution in [3.8, 4) is 0 Å². The second kappa shape index (κ2) is 26.3. The number of nitrogens with two attached hydrogens (primary N) is 3. The molecule has 1 amide bonds. The third-order valence-electron chi connectivity index (χ3n) is 2.11. The zero-order valence-electron chi connectivity index (χ0n) is 13.2. The molecule has 6 N–H and O–H groups in total. The summed E-state index contributed by atoms with van der Waals surface area (Å²) < 4.78 is 0. The Labute approximate surface area is 126 Å². The van der Waals surface area contributed by atoms with Gasteiger partial charge in [0, 0.05) is 13.0 Å². The second-order valence-electron chi connectivity index (χ2n) is 4.19. The number of unbranched alkanes of at least 4 members (excludes halogenated alkanes) is 4. The fraction of sp³-hybridized carbons (Fsp3) is 0.867. The molecule has 20 heavy (non-hydrogen) atoms. The molecule has 124 valence electrons. The van der Waals surface area contributed by atoms with Crippen LogP contribution in [-0.2, 0) is 4.79 Å². The van der Waals surface area contributed by atoms with Gasteiger partial charge in [-0.1, -0.05) is 67.2 Å². The highest BCUT2D eigenvalue weighted by molar-refractivity contribution is 5.75. The van der Waals surface area contributed by atoms with Crippen LogP contribution in [0.4, 0.5) is 0 Å². The van der Waals surface area contributed by atoms with Crippen molar-refractivity contribution >= 4 is 11.9 Å². The smallest absolute Gasteiger partial charge is 0.217 e. The second-order valence-corrected chi connectivity index (χ2v) is 4.19. The van der Waals surface area contributed by atoms with Crippen LogP contribution >= 0.6 is 0 Å². The highest BCUT2D eigenvalue weighted by Gasteiger charge is 1.79. The molecular weight excluding hydrogens is 252 g/mol. The lowest BCUT2D eigenvalue weighted by Crippen LogP contribution is -2.22. The molecule has 0 aliphatic heterocycles. The maximum Gasteiger partial charge on any atom is 0.217 e. The van der Waals surface area contributed by atoms with Crippen molar-refractivity contribution in [1.82, 2.24) is 0 Å². The summed E-state index contributed by atoms with van der Waals surface area (Å²) in [5.74, 6) is -0.0524. The summed E-state index contributed by atoms with van der Waals surface area (Å²) in [5.41, 5.74) is 14.8. The first-order chi connectivity index (χ1) is 8.95. The van der Waals surface area contributed by atoms with E-state index < -0.39 is 0 Å². The molecule has 0 aromatic heterocycles. The molecule has 0 radical (unpaired) electrons. The van der Waals surface area contributed by atoms with Crippen molar-refractivity contribution in [3.05, 3.63) is 0 Å². The minimum absolute atomic E-state index is 0. The van der Waals surface area contributed by atoms with Crippen LogP contribution in [0.3, 0.4) is 0 Å². The molecule has 0 atom stereocenters. The van der Waals surface area contributed by atoms with Gasteiger partial charge in [0.25, 0.3) is 0 Å². The first-order valence-corrected chi connectivity index (χ1v) is 7.29. The minimum atomic E-state index is -0.245. The number of rotatable bonds is 7. The van der Waals surface area contributed by atoms with Gasteiger partial charge in [-0.3, -0.25) is 9.79 Å². The van der Waals surface area contributed by atoms with Crippen LogP contribution in [0.2, 0.25) is 0 Å². The van der Waals surface area contributed by atoms with E-state index in [2.05, 4.69) is 31.5 Å². The number of hydrogen-bond acceptors (Lipinski definition) is 2. The Kier molecular flexibility index (Phi) is 35.7. The highest BCUT2D eigenvalue weighted by Crippen LogP contribution is 1.95. The van der Waals surface area contributed by atoms with Gasteiger partial charge >= 0.3 is 0 Å². The van der Waals surface area contributed by atoms with Gasteiger partial charge in [-0.15, -0.1) is 0 Å². The Morgan fingerprint density at radius 3 is 1.40 bits per heavy atom. The molecule has 0 fully saturated rings. The maximum absolute atomic E-state index is 9.59. The summed E-state index contributed by atoms with van der Waals surface area (Å²) in [6.07, 6.45) is 8.18. The van der Waals surface area contributed by atoms with Gasteiger partial charge in [0.15, 0.2) is 5.96 Å². The predicted molar refractivity (Wildman–Crippen MR) is 91.6 cm³/mol. The average Bonchev–Trinajstić information content (AvgIpc) is 2.37. The Morgan fingerprint density at radius 1 is 0.850 bits per heavy atom. The topological polar surface area (TPSA) is 107 Å². The van der Waals surface area contributed by atoms with Gasteiger partial charge in [-0.25, -0.2) is 0 Å². The molecule has 0 saturated heterocycles. The number of carbonyl (C=O) groups is 1. The Bertz CT molecular complexity index is 198. The van der Waals surface area contributed by atoms with Crippen LogP contribution in [0.25, 0.3) is 0 Å².